The number of amides is 1. The molecule has 9 nitrogen and oxygen atoms in total. The van der Waals surface area contributed by atoms with Crippen molar-refractivity contribution in [3.05, 3.63) is 75.3 Å². The molecule has 1 amide bonds. The smallest absolute Gasteiger partial charge is 0.270 e. The normalized spacial score (nSPS) is 14.2. The van der Waals surface area contributed by atoms with Gasteiger partial charge in [0.25, 0.3) is 11.6 Å². The molecule has 0 radical (unpaired) electrons. The van der Waals surface area contributed by atoms with Crippen molar-refractivity contribution in [2.24, 2.45) is 0 Å². The monoisotopic (exact) mass is 452 g/mol. The number of piperazine rings is 1. The molecule has 10 heteroatoms. The third kappa shape index (κ3) is 4.84. The molecule has 0 saturated carbocycles. The average molecular weight is 453 g/mol. The van der Waals surface area contributed by atoms with E-state index in [1.807, 2.05) is 18.2 Å². The first-order valence-corrected chi connectivity index (χ1v) is 10.4. The molecule has 4 rings (SSSR count). The summed E-state index contributed by atoms with van der Waals surface area (Å²) in [6, 6.07) is 14.8. The van der Waals surface area contributed by atoms with Gasteiger partial charge in [-0.05, 0) is 37.4 Å². The van der Waals surface area contributed by atoms with Crippen LogP contribution in [0.3, 0.4) is 0 Å². The van der Waals surface area contributed by atoms with Crippen LogP contribution in [0.1, 0.15) is 10.4 Å². The van der Waals surface area contributed by atoms with Crippen LogP contribution in [-0.2, 0) is 0 Å². The minimum Gasteiger partial charge on any atom is -0.353 e. The van der Waals surface area contributed by atoms with E-state index < -0.39 is 10.8 Å². The van der Waals surface area contributed by atoms with Gasteiger partial charge < -0.3 is 15.1 Å². The summed E-state index contributed by atoms with van der Waals surface area (Å²) >= 11 is 6.06. The first kappa shape index (κ1) is 21.7. The molecular weight excluding hydrogens is 432 g/mol. The molecule has 0 bridgehead atoms. The fourth-order valence-electron chi connectivity index (χ4n) is 3.44. The molecule has 2 heterocycles. The maximum Gasteiger partial charge on any atom is 0.270 e. The van der Waals surface area contributed by atoms with Crippen molar-refractivity contribution in [2.75, 3.05) is 43.4 Å². The summed E-state index contributed by atoms with van der Waals surface area (Å²) in [6.07, 6.45) is 0. The highest BCUT2D eigenvalue weighted by Gasteiger charge is 2.17. The predicted octanol–water partition coefficient (Wildman–Crippen LogP) is 3.71. The van der Waals surface area contributed by atoms with E-state index in [-0.39, 0.29) is 16.3 Å². The standard InChI is InChI=1S/C22H21ClN6O3/c1-27-9-11-28(12-10-27)21-8-7-20(25-26-21)15-3-2-4-16(13-15)24-22(30)18-6-5-17(29(31)32)14-19(18)23/h2-8,13-14H,9-12H2,1H3,(H,24,30). The van der Waals surface area contributed by atoms with Gasteiger partial charge in [-0.25, -0.2) is 0 Å². The fourth-order valence-corrected chi connectivity index (χ4v) is 3.70. The van der Waals surface area contributed by atoms with Crippen LogP contribution in [0.5, 0.6) is 0 Å². The maximum atomic E-state index is 12.6. The summed E-state index contributed by atoms with van der Waals surface area (Å²) in [4.78, 5) is 27.4. The van der Waals surface area contributed by atoms with E-state index in [1.165, 1.54) is 12.1 Å². The van der Waals surface area contributed by atoms with E-state index in [4.69, 9.17) is 11.6 Å². The number of halogens is 1. The Morgan fingerprint density at radius 3 is 2.50 bits per heavy atom. The van der Waals surface area contributed by atoms with Crippen molar-refractivity contribution in [3.63, 3.8) is 0 Å². The number of nitrogens with zero attached hydrogens (tertiary/aromatic N) is 5. The third-order valence-corrected chi connectivity index (χ3v) is 5.61. The Bertz CT molecular complexity index is 1150. The van der Waals surface area contributed by atoms with E-state index in [1.54, 1.807) is 18.2 Å². The van der Waals surface area contributed by atoms with Gasteiger partial charge in [0.05, 0.1) is 21.2 Å². The Morgan fingerprint density at radius 1 is 1.06 bits per heavy atom. The average Bonchev–Trinajstić information content (AvgIpc) is 2.79. The molecule has 0 spiro atoms. The number of likely N-dealkylation sites (N-methyl/N-ethyl adjacent to an activating group) is 1. The van der Waals surface area contributed by atoms with Crippen LogP contribution in [0.15, 0.2) is 54.6 Å². The predicted molar refractivity (Wildman–Crippen MR) is 123 cm³/mol. The van der Waals surface area contributed by atoms with Crippen molar-refractivity contribution in [2.45, 2.75) is 0 Å². The topological polar surface area (TPSA) is 104 Å². The zero-order valence-electron chi connectivity index (χ0n) is 17.4. The first-order valence-electron chi connectivity index (χ1n) is 10.0. The lowest BCUT2D eigenvalue weighted by Gasteiger charge is -2.32. The Balaban J connectivity index is 1.48. The zero-order valence-corrected chi connectivity index (χ0v) is 18.1. The Hall–Kier alpha value is -3.56. The highest BCUT2D eigenvalue weighted by molar-refractivity contribution is 6.34. The van der Waals surface area contributed by atoms with Gasteiger partial charge in [-0.2, -0.15) is 0 Å². The van der Waals surface area contributed by atoms with Crippen LogP contribution in [0.2, 0.25) is 5.02 Å². The van der Waals surface area contributed by atoms with E-state index in [9.17, 15) is 14.9 Å². The second-order valence-electron chi connectivity index (χ2n) is 7.52. The number of nitrogens with one attached hydrogen (secondary N) is 1. The summed E-state index contributed by atoms with van der Waals surface area (Å²) in [5, 5.41) is 22.4. The first-order chi connectivity index (χ1) is 15.4. The molecule has 1 N–H and O–H groups in total. The van der Waals surface area contributed by atoms with Crippen molar-refractivity contribution in [3.8, 4) is 11.3 Å². The number of carbonyl (C=O) groups excluding carboxylic acids is 1. The van der Waals surface area contributed by atoms with Crippen molar-refractivity contribution < 1.29 is 9.72 Å². The number of hydrogen-bond donors (Lipinski definition) is 1. The summed E-state index contributed by atoms with van der Waals surface area (Å²) in [6.45, 7) is 3.81. The summed E-state index contributed by atoms with van der Waals surface area (Å²) in [5.74, 6) is 0.387. The fraction of sp³-hybridized carbons (Fsp3) is 0.227. The molecule has 1 aliphatic heterocycles. The molecule has 164 valence electrons. The summed E-state index contributed by atoms with van der Waals surface area (Å²) in [5.41, 5.74) is 2.01. The van der Waals surface area contributed by atoms with Gasteiger partial charge >= 0.3 is 0 Å². The van der Waals surface area contributed by atoms with E-state index in [2.05, 4.69) is 32.4 Å². The van der Waals surface area contributed by atoms with Crippen molar-refractivity contribution in [1.29, 1.82) is 0 Å². The second-order valence-corrected chi connectivity index (χ2v) is 7.93. The SMILES string of the molecule is CN1CCN(c2ccc(-c3cccc(NC(=O)c4ccc([N+](=O)[O-])cc4Cl)c3)nn2)CC1. The number of aromatic nitrogens is 2. The molecule has 32 heavy (non-hydrogen) atoms. The molecule has 1 fully saturated rings. The van der Waals surface area contributed by atoms with Crippen LogP contribution in [0.4, 0.5) is 17.2 Å². The van der Waals surface area contributed by atoms with Gasteiger partial charge in [-0.3, -0.25) is 14.9 Å². The number of rotatable bonds is 5. The molecule has 1 aromatic heterocycles. The second kappa shape index (κ2) is 9.29. The number of hydrogen-bond acceptors (Lipinski definition) is 7. The van der Waals surface area contributed by atoms with Crippen LogP contribution < -0.4 is 10.2 Å². The van der Waals surface area contributed by atoms with Gasteiger partial charge in [-0.1, -0.05) is 23.7 Å². The van der Waals surface area contributed by atoms with Crippen LogP contribution in [0.25, 0.3) is 11.3 Å². The van der Waals surface area contributed by atoms with Crippen molar-refractivity contribution in [1.82, 2.24) is 15.1 Å². The number of anilines is 2. The molecule has 0 aliphatic carbocycles. The van der Waals surface area contributed by atoms with Gasteiger partial charge in [0.1, 0.15) is 0 Å². The van der Waals surface area contributed by atoms with E-state index in [0.717, 1.165) is 43.6 Å². The molecule has 2 aromatic carbocycles. The number of nitro benzene ring substituents is 1. The van der Waals surface area contributed by atoms with E-state index in [0.29, 0.717) is 11.4 Å². The highest BCUT2D eigenvalue weighted by atomic mass is 35.5. The third-order valence-electron chi connectivity index (χ3n) is 5.30. The summed E-state index contributed by atoms with van der Waals surface area (Å²) in [7, 11) is 2.10. The lowest BCUT2D eigenvalue weighted by Crippen LogP contribution is -2.44. The lowest BCUT2D eigenvalue weighted by molar-refractivity contribution is -0.384. The molecular formula is C22H21ClN6O3. The Kier molecular flexibility index (Phi) is 6.29. The maximum absolute atomic E-state index is 12.6. The minimum atomic E-state index is -0.562. The molecule has 1 saturated heterocycles. The minimum absolute atomic E-state index is 0.0122. The number of carbonyl (C=O) groups is 1. The molecule has 0 unspecified atom stereocenters. The quantitative estimate of drug-likeness (QED) is 0.464. The lowest BCUT2D eigenvalue weighted by atomic mass is 10.1. The van der Waals surface area contributed by atoms with Crippen LogP contribution in [-0.4, -0.2) is 59.2 Å². The molecule has 1 aliphatic rings. The van der Waals surface area contributed by atoms with Gasteiger partial charge in [0.2, 0.25) is 0 Å². The number of non-ortho nitro benzene ring substituents is 1. The molecule has 0 atom stereocenters. The van der Waals surface area contributed by atoms with Crippen LogP contribution in [0, 0.1) is 10.1 Å². The van der Waals surface area contributed by atoms with Gasteiger partial charge in [-0.15, -0.1) is 10.2 Å². The largest absolute Gasteiger partial charge is 0.353 e. The highest BCUT2D eigenvalue weighted by Crippen LogP contribution is 2.25. The number of benzene rings is 2. The van der Waals surface area contributed by atoms with Crippen LogP contribution >= 0.6 is 11.6 Å². The van der Waals surface area contributed by atoms with Gasteiger partial charge in [0.15, 0.2) is 5.82 Å². The zero-order chi connectivity index (χ0) is 22.7. The molecule has 3 aromatic rings. The number of nitro groups is 1. The Labute approximate surface area is 189 Å². The van der Waals surface area contributed by atoms with Crippen molar-refractivity contribution >= 4 is 34.7 Å². The Morgan fingerprint density at radius 2 is 1.84 bits per heavy atom. The summed E-state index contributed by atoms with van der Waals surface area (Å²) < 4.78 is 0. The van der Waals surface area contributed by atoms with E-state index >= 15 is 0 Å². The van der Waals surface area contributed by atoms with Gasteiger partial charge in [0, 0.05) is 49.6 Å².